The molecule has 0 spiro atoms. The molecule has 0 amide bonds. The van der Waals surface area contributed by atoms with Crippen molar-refractivity contribution in [2.45, 2.75) is 38.5 Å². The van der Waals surface area contributed by atoms with Crippen LogP contribution in [0.2, 0.25) is 0 Å². The zero-order chi connectivity index (χ0) is 22.0. The second-order valence-electron chi connectivity index (χ2n) is 7.82. The molecule has 0 radical (unpaired) electrons. The van der Waals surface area contributed by atoms with Gasteiger partial charge in [0, 0.05) is 51.0 Å². The maximum Gasteiger partial charge on any atom is 0.264 e. The average Bonchev–Trinajstić information content (AvgIpc) is 3.27. The Bertz CT molecular complexity index is 718. The molecule has 0 fully saturated rings. The first-order valence-corrected chi connectivity index (χ1v) is 13.6. The van der Waals surface area contributed by atoms with Gasteiger partial charge in [0.1, 0.15) is 0 Å². The van der Waals surface area contributed by atoms with E-state index in [1.807, 2.05) is 12.4 Å². The fourth-order valence-electron chi connectivity index (χ4n) is 3.44. The molecule has 0 aromatic rings. The molecule has 2 aliphatic rings. The zero-order valence-electron chi connectivity index (χ0n) is 17.3. The Kier molecular flexibility index (Phi) is 9.72. The van der Waals surface area contributed by atoms with E-state index in [4.69, 9.17) is 9.11 Å². The predicted molar refractivity (Wildman–Crippen MR) is 115 cm³/mol. The Morgan fingerprint density at radius 2 is 0.800 bits per heavy atom. The fourth-order valence-corrected chi connectivity index (χ4v) is 4.58. The van der Waals surface area contributed by atoms with Crippen molar-refractivity contribution in [3.05, 3.63) is 24.8 Å². The standard InChI is InChI=1S/C18H34N4O6S2/c23-29(24,25)15-5-3-9-21-13-11-19(17-21)7-1-2-8-20-12-14-22(18-20)10-4-6-16-30(26,27)28/h11-14H,1-10,15-18H2,(H,23,24,25)(H,26,27,28). The third kappa shape index (κ3) is 11.0. The van der Waals surface area contributed by atoms with Gasteiger partial charge >= 0.3 is 0 Å². The van der Waals surface area contributed by atoms with E-state index in [0.717, 1.165) is 65.2 Å². The molecular weight excluding hydrogens is 432 g/mol. The molecule has 2 N–H and O–H groups in total. The van der Waals surface area contributed by atoms with E-state index in [2.05, 4.69) is 32.0 Å². The lowest BCUT2D eigenvalue weighted by molar-refractivity contribution is 0.241. The summed E-state index contributed by atoms with van der Waals surface area (Å²) in [6.45, 7) is 5.12. The smallest absolute Gasteiger partial charge is 0.264 e. The third-order valence-corrected chi connectivity index (χ3v) is 6.65. The van der Waals surface area contributed by atoms with Gasteiger partial charge in [-0.15, -0.1) is 0 Å². The van der Waals surface area contributed by atoms with Crippen LogP contribution in [0.4, 0.5) is 0 Å². The van der Waals surface area contributed by atoms with Gasteiger partial charge in [-0.3, -0.25) is 9.11 Å². The first kappa shape index (κ1) is 24.8. The van der Waals surface area contributed by atoms with E-state index in [0.29, 0.717) is 12.8 Å². The summed E-state index contributed by atoms with van der Waals surface area (Å²) in [5, 5.41) is 0. The largest absolute Gasteiger partial charge is 0.359 e. The lowest BCUT2D eigenvalue weighted by atomic mass is 10.3. The maximum atomic E-state index is 10.7. The van der Waals surface area contributed by atoms with Gasteiger partial charge in [0.05, 0.1) is 24.8 Å². The molecule has 0 aliphatic carbocycles. The quantitative estimate of drug-likeness (QED) is 0.269. The van der Waals surface area contributed by atoms with Crippen LogP contribution in [0.1, 0.15) is 38.5 Å². The van der Waals surface area contributed by atoms with Gasteiger partial charge in [-0.25, -0.2) is 0 Å². The normalized spacial score (nSPS) is 17.0. The summed E-state index contributed by atoms with van der Waals surface area (Å²) in [5.41, 5.74) is 0. The van der Waals surface area contributed by atoms with Crippen molar-refractivity contribution >= 4 is 20.2 Å². The highest BCUT2D eigenvalue weighted by atomic mass is 32.2. The van der Waals surface area contributed by atoms with E-state index in [1.165, 1.54) is 0 Å². The monoisotopic (exact) mass is 466 g/mol. The Morgan fingerprint density at radius 1 is 0.533 bits per heavy atom. The Morgan fingerprint density at radius 3 is 1.07 bits per heavy atom. The van der Waals surface area contributed by atoms with Crippen LogP contribution in [0.15, 0.2) is 24.8 Å². The highest BCUT2D eigenvalue weighted by Gasteiger charge is 2.14. The molecule has 0 saturated carbocycles. The van der Waals surface area contributed by atoms with Crippen molar-refractivity contribution in [3.63, 3.8) is 0 Å². The number of nitrogens with zero attached hydrogens (tertiary/aromatic N) is 4. The molecule has 2 rings (SSSR count). The Balaban J connectivity index is 1.47. The molecule has 0 bridgehead atoms. The lowest BCUT2D eigenvalue weighted by Gasteiger charge is -2.23. The van der Waals surface area contributed by atoms with Crippen LogP contribution in [-0.4, -0.2) is 96.6 Å². The van der Waals surface area contributed by atoms with Crippen LogP contribution in [0.5, 0.6) is 0 Å². The van der Waals surface area contributed by atoms with Gasteiger partial charge in [-0.05, 0) is 38.5 Å². The molecule has 174 valence electrons. The summed E-state index contributed by atoms with van der Waals surface area (Å²) in [6.07, 6.45) is 12.7. The maximum absolute atomic E-state index is 10.7. The molecule has 2 heterocycles. The summed E-state index contributed by atoms with van der Waals surface area (Å²) >= 11 is 0. The predicted octanol–water partition coefficient (Wildman–Crippen LogP) is 1.20. The van der Waals surface area contributed by atoms with Gasteiger partial charge < -0.3 is 19.6 Å². The summed E-state index contributed by atoms with van der Waals surface area (Å²) < 4.78 is 60.3. The number of rotatable bonds is 15. The molecule has 0 aromatic heterocycles. The van der Waals surface area contributed by atoms with Crippen LogP contribution < -0.4 is 0 Å². The Hall–Kier alpha value is -1.50. The van der Waals surface area contributed by atoms with Crippen LogP contribution in [-0.2, 0) is 20.2 Å². The molecule has 2 aliphatic heterocycles. The first-order chi connectivity index (χ1) is 14.1. The summed E-state index contributed by atoms with van der Waals surface area (Å²) in [4.78, 5) is 8.77. The van der Waals surface area contributed by atoms with Crippen molar-refractivity contribution in [3.8, 4) is 0 Å². The van der Waals surface area contributed by atoms with Crippen molar-refractivity contribution in [2.24, 2.45) is 0 Å². The van der Waals surface area contributed by atoms with E-state index in [9.17, 15) is 16.8 Å². The highest BCUT2D eigenvalue weighted by Crippen LogP contribution is 2.12. The van der Waals surface area contributed by atoms with Gasteiger partial charge in [0.15, 0.2) is 0 Å². The summed E-state index contributed by atoms with van der Waals surface area (Å²) in [5.74, 6) is -0.359. The first-order valence-electron chi connectivity index (χ1n) is 10.3. The minimum atomic E-state index is -3.86. The Labute approximate surface area is 180 Å². The third-order valence-electron chi connectivity index (χ3n) is 5.04. The van der Waals surface area contributed by atoms with E-state index >= 15 is 0 Å². The molecule has 0 aromatic carbocycles. The van der Waals surface area contributed by atoms with Crippen LogP contribution >= 0.6 is 0 Å². The fraction of sp³-hybridized carbons (Fsp3) is 0.778. The zero-order valence-corrected chi connectivity index (χ0v) is 19.0. The van der Waals surface area contributed by atoms with Gasteiger partial charge in [-0.2, -0.15) is 16.8 Å². The van der Waals surface area contributed by atoms with Crippen molar-refractivity contribution in [2.75, 3.05) is 51.0 Å². The molecule has 0 saturated heterocycles. The van der Waals surface area contributed by atoms with Gasteiger partial charge in [0.2, 0.25) is 0 Å². The number of hydrogen-bond acceptors (Lipinski definition) is 8. The van der Waals surface area contributed by atoms with Crippen molar-refractivity contribution in [1.29, 1.82) is 0 Å². The summed E-state index contributed by atoms with van der Waals surface area (Å²) in [7, 11) is -7.72. The molecule has 12 heteroatoms. The molecule has 0 unspecified atom stereocenters. The highest BCUT2D eigenvalue weighted by molar-refractivity contribution is 7.86. The second kappa shape index (κ2) is 11.8. The van der Waals surface area contributed by atoms with Crippen LogP contribution in [0, 0.1) is 0 Å². The van der Waals surface area contributed by atoms with Crippen molar-refractivity contribution in [1.82, 2.24) is 19.6 Å². The number of hydrogen-bond donors (Lipinski definition) is 2. The molecular formula is C18H34N4O6S2. The SMILES string of the molecule is O=S(=O)(O)CCCCN1C=CN(CCCCN2C=CN(CCCCS(=O)(=O)O)C2)C1. The lowest BCUT2D eigenvalue weighted by Crippen LogP contribution is -2.28. The molecule has 10 nitrogen and oxygen atoms in total. The average molecular weight is 467 g/mol. The molecule has 30 heavy (non-hydrogen) atoms. The minimum absolute atomic E-state index is 0.179. The van der Waals surface area contributed by atoms with E-state index in [1.54, 1.807) is 0 Å². The van der Waals surface area contributed by atoms with Crippen LogP contribution in [0.3, 0.4) is 0 Å². The van der Waals surface area contributed by atoms with Gasteiger partial charge in [0.25, 0.3) is 20.2 Å². The van der Waals surface area contributed by atoms with E-state index in [-0.39, 0.29) is 11.5 Å². The molecule has 0 atom stereocenters. The van der Waals surface area contributed by atoms with Gasteiger partial charge in [-0.1, -0.05) is 0 Å². The minimum Gasteiger partial charge on any atom is -0.359 e. The summed E-state index contributed by atoms with van der Waals surface area (Å²) in [6, 6.07) is 0. The second-order valence-corrected chi connectivity index (χ2v) is 11.0. The topological polar surface area (TPSA) is 122 Å². The number of unbranched alkanes of at least 4 members (excludes halogenated alkanes) is 3. The van der Waals surface area contributed by atoms with E-state index < -0.39 is 20.2 Å². The van der Waals surface area contributed by atoms with Crippen LogP contribution in [0.25, 0.3) is 0 Å². The van der Waals surface area contributed by atoms with Crippen molar-refractivity contribution < 1.29 is 25.9 Å².